The van der Waals surface area contributed by atoms with Crippen LogP contribution in [0, 0.1) is 0 Å². The lowest BCUT2D eigenvalue weighted by molar-refractivity contribution is -0.241. The molecule has 0 aromatic carbocycles. The molecule has 0 atom stereocenters. The van der Waals surface area contributed by atoms with E-state index in [0.717, 1.165) is 0 Å². The van der Waals surface area contributed by atoms with Crippen molar-refractivity contribution in [2.45, 2.75) is 6.42 Å². The molecule has 0 aliphatic heterocycles. The molecule has 0 amide bonds. The summed E-state index contributed by atoms with van der Waals surface area (Å²) in [5.74, 6) is -1.06. The molecule has 0 heterocycles. The van der Waals surface area contributed by atoms with Crippen LogP contribution in [0.2, 0.25) is 0 Å². The van der Waals surface area contributed by atoms with Crippen LogP contribution >= 0.6 is 0 Å². The van der Waals surface area contributed by atoms with E-state index in [-0.39, 0.29) is 18.6 Å². The average Bonchev–Trinajstić information content (AvgIpc) is 1.82. The fraction of sp³-hybridized carbons (Fsp3) is 0.400. The van der Waals surface area contributed by atoms with Crippen LogP contribution in [0.5, 0.6) is 0 Å². The molecule has 0 radical (unpaired) electrons. The molecule has 0 saturated heterocycles. The Hall–Kier alpha value is -0.870. The third-order valence-electron chi connectivity index (χ3n) is 0.798. The number of carbonyl (C=O) groups is 1. The molecule has 4 heteroatoms. The second-order valence-electron chi connectivity index (χ2n) is 1.49. The molecule has 0 aromatic heterocycles. The lowest BCUT2D eigenvalue weighted by Crippen LogP contribution is -2.01. The van der Waals surface area contributed by atoms with Crippen molar-refractivity contribution in [3.05, 3.63) is 12.2 Å². The largest absolute Gasteiger partial charge is 0.478 e. The van der Waals surface area contributed by atoms with E-state index in [1.54, 1.807) is 0 Å². The predicted molar refractivity (Wildman–Crippen MR) is 30.0 cm³/mol. The zero-order valence-electron chi connectivity index (χ0n) is 4.83. The molecular weight excluding hydrogens is 124 g/mol. The van der Waals surface area contributed by atoms with Gasteiger partial charge in [0.1, 0.15) is 0 Å². The molecule has 0 aliphatic carbocycles. The summed E-state index contributed by atoms with van der Waals surface area (Å²) >= 11 is 0. The van der Waals surface area contributed by atoms with E-state index in [4.69, 9.17) is 10.4 Å². The van der Waals surface area contributed by atoms with Crippen LogP contribution in [0.25, 0.3) is 0 Å². The number of hydrogen-bond donors (Lipinski definition) is 2. The molecule has 4 nitrogen and oxygen atoms in total. The van der Waals surface area contributed by atoms with E-state index in [0.29, 0.717) is 0 Å². The van der Waals surface area contributed by atoms with Crippen LogP contribution in [-0.4, -0.2) is 22.9 Å². The summed E-state index contributed by atoms with van der Waals surface area (Å²) in [4.78, 5) is 13.6. The van der Waals surface area contributed by atoms with Gasteiger partial charge < -0.3 is 5.11 Å². The summed E-state index contributed by atoms with van der Waals surface area (Å²) in [6.07, 6.45) is 0.145. The molecule has 2 N–H and O–H groups in total. The maximum absolute atomic E-state index is 9.97. The number of carboxylic acid groups (broad SMARTS) is 1. The summed E-state index contributed by atoms with van der Waals surface area (Å²) in [7, 11) is 0. The van der Waals surface area contributed by atoms with Gasteiger partial charge >= 0.3 is 5.97 Å². The second kappa shape index (κ2) is 4.05. The predicted octanol–water partition coefficient (Wildman–Crippen LogP) is 0.507. The molecule has 52 valence electrons. The van der Waals surface area contributed by atoms with Gasteiger partial charge in [0.05, 0.1) is 6.61 Å². The van der Waals surface area contributed by atoms with Gasteiger partial charge in [-0.1, -0.05) is 6.58 Å². The standard InChI is InChI=1S/C5H8O4/c1-4(5(6)7)2-3-9-8/h8H,1-3H2,(H,6,7). The summed E-state index contributed by atoms with van der Waals surface area (Å²) < 4.78 is 0. The Kier molecular flexibility index (Phi) is 3.66. The van der Waals surface area contributed by atoms with E-state index in [9.17, 15) is 4.79 Å². The van der Waals surface area contributed by atoms with Crippen molar-refractivity contribution in [3.63, 3.8) is 0 Å². The Labute approximate surface area is 52.3 Å². The van der Waals surface area contributed by atoms with Gasteiger partial charge in [-0.15, -0.1) is 0 Å². The topological polar surface area (TPSA) is 66.8 Å². The molecule has 9 heavy (non-hydrogen) atoms. The zero-order valence-corrected chi connectivity index (χ0v) is 4.83. The Morgan fingerprint density at radius 2 is 2.22 bits per heavy atom. The highest BCUT2D eigenvalue weighted by Gasteiger charge is 2.01. The van der Waals surface area contributed by atoms with Crippen molar-refractivity contribution < 1.29 is 20.0 Å². The fourth-order valence-electron chi connectivity index (χ4n) is 0.276. The van der Waals surface area contributed by atoms with Crippen LogP contribution in [-0.2, 0) is 9.68 Å². The summed E-state index contributed by atoms with van der Waals surface area (Å²) in [6, 6.07) is 0. The van der Waals surface area contributed by atoms with Crippen molar-refractivity contribution in [2.75, 3.05) is 6.61 Å². The minimum atomic E-state index is -1.06. The normalized spacial score (nSPS) is 9.00. The Morgan fingerprint density at radius 3 is 2.56 bits per heavy atom. The average molecular weight is 132 g/mol. The third kappa shape index (κ3) is 3.69. The second-order valence-corrected chi connectivity index (χ2v) is 1.49. The van der Waals surface area contributed by atoms with Gasteiger partial charge in [0.2, 0.25) is 0 Å². The first-order chi connectivity index (χ1) is 4.18. The van der Waals surface area contributed by atoms with Crippen molar-refractivity contribution in [1.29, 1.82) is 0 Å². The monoisotopic (exact) mass is 132 g/mol. The Bertz CT molecular complexity index is 118. The van der Waals surface area contributed by atoms with Gasteiger partial charge in [0, 0.05) is 12.0 Å². The molecule has 0 unspecified atom stereocenters. The van der Waals surface area contributed by atoms with Crippen molar-refractivity contribution in [1.82, 2.24) is 0 Å². The molecular formula is C5H8O4. The van der Waals surface area contributed by atoms with Crippen LogP contribution in [0.3, 0.4) is 0 Å². The number of hydrogen-bond acceptors (Lipinski definition) is 3. The Morgan fingerprint density at radius 1 is 1.67 bits per heavy atom. The SMILES string of the molecule is C=C(CCOO)C(=O)O. The quantitative estimate of drug-likeness (QED) is 0.332. The first-order valence-corrected chi connectivity index (χ1v) is 2.36. The molecule has 0 fully saturated rings. The number of rotatable bonds is 4. The van der Waals surface area contributed by atoms with Gasteiger partial charge in [0.15, 0.2) is 0 Å². The Balaban J connectivity index is 3.39. The van der Waals surface area contributed by atoms with Gasteiger partial charge in [-0.25, -0.2) is 9.68 Å². The highest BCUT2D eigenvalue weighted by atomic mass is 17.1. The molecule has 0 aromatic rings. The lowest BCUT2D eigenvalue weighted by atomic mass is 10.2. The molecule has 0 bridgehead atoms. The molecule has 0 rings (SSSR count). The highest BCUT2D eigenvalue weighted by molar-refractivity contribution is 5.85. The van der Waals surface area contributed by atoms with E-state index in [2.05, 4.69) is 11.5 Å². The van der Waals surface area contributed by atoms with Crippen molar-refractivity contribution in [2.24, 2.45) is 0 Å². The van der Waals surface area contributed by atoms with Gasteiger partial charge in [0.25, 0.3) is 0 Å². The molecule has 0 spiro atoms. The summed E-state index contributed by atoms with van der Waals surface area (Å²) in [5, 5.41) is 15.9. The van der Waals surface area contributed by atoms with E-state index in [1.165, 1.54) is 0 Å². The van der Waals surface area contributed by atoms with Gasteiger partial charge in [-0.3, -0.25) is 5.26 Å². The molecule has 0 saturated carbocycles. The zero-order chi connectivity index (χ0) is 7.28. The van der Waals surface area contributed by atoms with Crippen LogP contribution in [0.4, 0.5) is 0 Å². The fourth-order valence-corrected chi connectivity index (χ4v) is 0.276. The van der Waals surface area contributed by atoms with Crippen molar-refractivity contribution >= 4 is 5.97 Å². The minimum Gasteiger partial charge on any atom is -0.478 e. The summed E-state index contributed by atoms with van der Waals surface area (Å²) in [6.45, 7) is 3.18. The van der Waals surface area contributed by atoms with Crippen LogP contribution in [0.1, 0.15) is 6.42 Å². The number of aliphatic carboxylic acids is 1. The van der Waals surface area contributed by atoms with E-state index >= 15 is 0 Å². The van der Waals surface area contributed by atoms with Gasteiger partial charge in [-0.2, -0.15) is 0 Å². The summed E-state index contributed by atoms with van der Waals surface area (Å²) in [5.41, 5.74) is 0.0315. The van der Waals surface area contributed by atoms with Crippen molar-refractivity contribution in [3.8, 4) is 0 Å². The maximum Gasteiger partial charge on any atom is 0.331 e. The maximum atomic E-state index is 9.97. The highest BCUT2D eigenvalue weighted by Crippen LogP contribution is 1.96. The first kappa shape index (κ1) is 8.13. The van der Waals surface area contributed by atoms with E-state index < -0.39 is 5.97 Å². The van der Waals surface area contributed by atoms with Crippen LogP contribution in [0.15, 0.2) is 12.2 Å². The van der Waals surface area contributed by atoms with Gasteiger partial charge in [-0.05, 0) is 0 Å². The smallest absolute Gasteiger partial charge is 0.331 e. The minimum absolute atomic E-state index is 0.0227. The molecule has 0 aliphatic rings. The van der Waals surface area contributed by atoms with E-state index in [1.807, 2.05) is 0 Å². The lowest BCUT2D eigenvalue weighted by Gasteiger charge is -1.94. The third-order valence-corrected chi connectivity index (χ3v) is 0.798. The number of carboxylic acids is 1. The van der Waals surface area contributed by atoms with Crippen LogP contribution < -0.4 is 0 Å². The first-order valence-electron chi connectivity index (χ1n) is 2.36.